The molecule has 6 nitrogen and oxygen atoms in total. The molecular weight excluding hydrogens is 332 g/mol. The van der Waals surface area contributed by atoms with Crippen LogP contribution in [-0.4, -0.2) is 19.9 Å². The van der Waals surface area contributed by atoms with Crippen molar-refractivity contribution in [1.82, 2.24) is 5.32 Å². The number of ether oxygens (including phenoxy) is 3. The number of carbonyl (C=O) groups excluding carboxylic acids is 1. The summed E-state index contributed by atoms with van der Waals surface area (Å²) in [5.74, 6) is 1.90. The normalized spacial score (nSPS) is 12.0. The number of nitrogens with one attached hydrogen (secondary N) is 2. The second-order valence-corrected chi connectivity index (χ2v) is 5.70. The minimum Gasteiger partial charge on any atom is -0.495 e. The van der Waals surface area contributed by atoms with Gasteiger partial charge in [-0.2, -0.15) is 0 Å². The average Bonchev–Trinajstić information content (AvgIpc) is 3.03. The zero-order valence-corrected chi connectivity index (χ0v) is 14.1. The van der Waals surface area contributed by atoms with Crippen LogP contribution in [0.4, 0.5) is 10.5 Å². The van der Waals surface area contributed by atoms with Crippen molar-refractivity contribution in [2.45, 2.75) is 13.5 Å². The highest BCUT2D eigenvalue weighted by molar-refractivity contribution is 6.31. The lowest BCUT2D eigenvalue weighted by Crippen LogP contribution is -2.28. The summed E-state index contributed by atoms with van der Waals surface area (Å²) in [5, 5.41) is 6.13. The number of aryl methyl sites for hydroxylation is 1. The molecule has 1 aliphatic rings. The minimum absolute atomic E-state index is 0.225. The summed E-state index contributed by atoms with van der Waals surface area (Å²) >= 11 is 6.06. The summed E-state index contributed by atoms with van der Waals surface area (Å²) in [5.41, 5.74) is 2.32. The Labute approximate surface area is 144 Å². The second kappa shape index (κ2) is 6.88. The van der Waals surface area contributed by atoms with Gasteiger partial charge in [0.1, 0.15) is 5.75 Å². The standard InChI is InChI=1S/C17H17ClN2O4/c1-10-5-13(15(22-2)7-12(10)18)20-17(21)19-8-11-3-4-14-16(6-11)24-9-23-14/h3-7H,8-9H2,1-2H3,(H2,19,20,21). The van der Waals surface area contributed by atoms with Crippen LogP contribution in [0.3, 0.4) is 0 Å². The van der Waals surface area contributed by atoms with Crippen molar-refractivity contribution in [3.63, 3.8) is 0 Å². The molecule has 3 rings (SSSR count). The Morgan fingerprint density at radius 3 is 2.83 bits per heavy atom. The Kier molecular flexibility index (Phi) is 4.66. The van der Waals surface area contributed by atoms with Crippen LogP contribution in [0, 0.1) is 6.92 Å². The van der Waals surface area contributed by atoms with Crippen LogP contribution in [-0.2, 0) is 6.54 Å². The fourth-order valence-electron chi connectivity index (χ4n) is 2.33. The van der Waals surface area contributed by atoms with E-state index in [1.807, 2.05) is 25.1 Å². The third-order valence-corrected chi connectivity index (χ3v) is 4.03. The summed E-state index contributed by atoms with van der Waals surface area (Å²) in [6.07, 6.45) is 0. The zero-order chi connectivity index (χ0) is 17.1. The van der Waals surface area contributed by atoms with E-state index < -0.39 is 0 Å². The molecule has 1 aliphatic heterocycles. The van der Waals surface area contributed by atoms with E-state index >= 15 is 0 Å². The topological polar surface area (TPSA) is 68.8 Å². The molecule has 0 fully saturated rings. The summed E-state index contributed by atoms with van der Waals surface area (Å²) in [6.45, 7) is 2.44. The van der Waals surface area contributed by atoms with Gasteiger partial charge in [0.25, 0.3) is 0 Å². The number of urea groups is 1. The van der Waals surface area contributed by atoms with Crippen LogP contribution >= 0.6 is 11.6 Å². The first-order valence-corrected chi connectivity index (χ1v) is 7.72. The quantitative estimate of drug-likeness (QED) is 0.883. The number of methoxy groups -OCH3 is 1. The lowest BCUT2D eigenvalue weighted by atomic mass is 10.2. The van der Waals surface area contributed by atoms with Crippen LogP contribution in [0.1, 0.15) is 11.1 Å². The third-order valence-electron chi connectivity index (χ3n) is 3.62. The van der Waals surface area contributed by atoms with Gasteiger partial charge in [0, 0.05) is 17.6 Å². The van der Waals surface area contributed by atoms with Gasteiger partial charge in [-0.25, -0.2) is 4.79 Å². The van der Waals surface area contributed by atoms with Gasteiger partial charge in [-0.3, -0.25) is 0 Å². The number of fused-ring (bicyclic) bond motifs is 1. The van der Waals surface area contributed by atoms with E-state index in [2.05, 4.69) is 10.6 Å². The van der Waals surface area contributed by atoms with Crippen LogP contribution in [0.15, 0.2) is 30.3 Å². The molecule has 0 radical (unpaired) electrons. The Balaban J connectivity index is 1.63. The van der Waals surface area contributed by atoms with E-state index in [1.165, 1.54) is 7.11 Å². The van der Waals surface area contributed by atoms with E-state index in [9.17, 15) is 4.79 Å². The molecule has 0 atom stereocenters. The van der Waals surface area contributed by atoms with Crippen LogP contribution in [0.5, 0.6) is 17.2 Å². The maximum absolute atomic E-state index is 12.1. The molecule has 0 spiro atoms. The molecule has 0 aromatic heterocycles. The van der Waals surface area contributed by atoms with Crippen molar-refractivity contribution in [2.75, 3.05) is 19.2 Å². The summed E-state index contributed by atoms with van der Waals surface area (Å²) in [7, 11) is 1.52. The minimum atomic E-state index is -0.340. The van der Waals surface area contributed by atoms with E-state index in [4.69, 9.17) is 25.8 Å². The SMILES string of the molecule is COc1cc(Cl)c(C)cc1NC(=O)NCc1ccc2c(c1)OCO2. The molecule has 0 saturated carbocycles. The van der Waals surface area contributed by atoms with Gasteiger partial charge in [-0.05, 0) is 36.2 Å². The van der Waals surface area contributed by atoms with Gasteiger partial charge in [0.15, 0.2) is 11.5 Å². The molecule has 2 aromatic carbocycles. The van der Waals surface area contributed by atoms with E-state index in [0.717, 1.165) is 11.1 Å². The number of anilines is 1. The lowest BCUT2D eigenvalue weighted by molar-refractivity contribution is 0.174. The molecule has 126 valence electrons. The molecule has 0 unspecified atom stereocenters. The van der Waals surface area contributed by atoms with Crippen LogP contribution < -0.4 is 24.8 Å². The fraction of sp³-hybridized carbons (Fsp3) is 0.235. The lowest BCUT2D eigenvalue weighted by Gasteiger charge is -2.13. The number of halogens is 1. The van der Waals surface area contributed by atoms with Gasteiger partial charge < -0.3 is 24.8 Å². The summed E-state index contributed by atoms with van der Waals surface area (Å²) in [6, 6.07) is 8.64. The Hall–Kier alpha value is -2.60. The van der Waals surface area contributed by atoms with Crippen LogP contribution in [0.2, 0.25) is 5.02 Å². The molecule has 24 heavy (non-hydrogen) atoms. The average molecular weight is 349 g/mol. The predicted octanol–water partition coefficient (Wildman–Crippen LogP) is 3.71. The zero-order valence-electron chi connectivity index (χ0n) is 13.3. The van der Waals surface area contributed by atoms with Crippen molar-refractivity contribution in [3.8, 4) is 17.2 Å². The van der Waals surface area contributed by atoms with E-state index in [0.29, 0.717) is 34.5 Å². The monoisotopic (exact) mass is 348 g/mol. The maximum Gasteiger partial charge on any atom is 0.319 e. The molecule has 2 aromatic rings. The van der Waals surface area contributed by atoms with Gasteiger partial charge in [0.2, 0.25) is 6.79 Å². The van der Waals surface area contributed by atoms with Gasteiger partial charge in [0.05, 0.1) is 12.8 Å². The molecule has 2 amide bonds. The Morgan fingerprint density at radius 1 is 1.25 bits per heavy atom. The van der Waals surface area contributed by atoms with Gasteiger partial charge >= 0.3 is 6.03 Å². The van der Waals surface area contributed by atoms with Gasteiger partial charge in [-0.1, -0.05) is 17.7 Å². The van der Waals surface area contributed by atoms with Crippen molar-refractivity contribution >= 4 is 23.3 Å². The number of hydrogen-bond acceptors (Lipinski definition) is 4. The molecule has 0 aliphatic carbocycles. The van der Waals surface area contributed by atoms with Crippen molar-refractivity contribution in [1.29, 1.82) is 0 Å². The first-order chi connectivity index (χ1) is 11.6. The van der Waals surface area contributed by atoms with Crippen molar-refractivity contribution in [3.05, 3.63) is 46.5 Å². The number of rotatable bonds is 4. The summed E-state index contributed by atoms with van der Waals surface area (Å²) in [4.78, 5) is 12.1. The molecule has 0 saturated heterocycles. The second-order valence-electron chi connectivity index (χ2n) is 5.30. The van der Waals surface area contributed by atoms with E-state index in [-0.39, 0.29) is 12.8 Å². The molecular formula is C17H17ClN2O4. The third kappa shape index (κ3) is 3.49. The number of benzene rings is 2. The predicted molar refractivity (Wildman–Crippen MR) is 91.2 cm³/mol. The smallest absolute Gasteiger partial charge is 0.319 e. The highest BCUT2D eigenvalue weighted by atomic mass is 35.5. The first kappa shape index (κ1) is 16.3. The highest BCUT2D eigenvalue weighted by Gasteiger charge is 2.14. The molecule has 0 bridgehead atoms. The first-order valence-electron chi connectivity index (χ1n) is 7.34. The highest BCUT2D eigenvalue weighted by Crippen LogP contribution is 2.33. The number of hydrogen-bond donors (Lipinski definition) is 2. The molecule has 7 heteroatoms. The number of amides is 2. The Morgan fingerprint density at radius 2 is 2.04 bits per heavy atom. The Bertz CT molecular complexity index is 779. The van der Waals surface area contributed by atoms with E-state index in [1.54, 1.807) is 12.1 Å². The van der Waals surface area contributed by atoms with Crippen molar-refractivity contribution < 1.29 is 19.0 Å². The summed E-state index contributed by atoms with van der Waals surface area (Å²) < 4.78 is 15.8. The van der Waals surface area contributed by atoms with Gasteiger partial charge in [-0.15, -0.1) is 0 Å². The number of carbonyl (C=O) groups is 1. The van der Waals surface area contributed by atoms with Crippen molar-refractivity contribution in [2.24, 2.45) is 0 Å². The maximum atomic E-state index is 12.1. The fourth-order valence-corrected chi connectivity index (χ4v) is 2.48. The van der Waals surface area contributed by atoms with Crippen LogP contribution in [0.25, 0.3) is 0 Å². The largest absolute Gasteiger partial charge is 0.495 e. The molecule has 2 N–H and O–H groups in total. The molecule has 1 heterocycles.